The van der Waals surface area contributed by atoms with Crippen LogP contribution in [0.3, 0.4) is 0 Å². The molecule has 2 aromatic heterocycles. The Morgan fingerprint density at radius 2 is 1.73 bits per heavy atom. The maximum absolute atomic E-state index is 14.9. The summed E-state index contributed by atoms with van der Waals surface area (Å²) in [4.78, 5) is 28.6. The van der Waals surface area contributed by atoms with Crippen LogP contribution in [0.1, 0.15) is 33.2 Å². The number of benzene rings is 1. The van der Waals surface area contributed by atoms with Crippen LogP contribution in [0.15, 0.2) is 53.5 Å². The highest BCUT2D eigenvalue weighted by Gasteiger charge is 2.40. The number of rotatable bonds is 7. The van der Waals surface area contributed by atoms with Crippen molar-refractivity contribution < 1.29 is 49.8 Å². The maximum Gasteiger partial charge on any atom is 0.573 e. The highest BCUT2D eigenvalue weighted by molar-refractivity contribution is 5.94. The first-order valence-corrected chi connectivity index (χ1v) is 10.0. The molecule has 15 heteroatoms. The zero-order valence-corrected chi connectivity index (χ0v) is 18.1. The van der Waals surface area contributed by atoms with E-state index < -0.39 is 82.5 Å². The van der Waals surface area contributed by atoms with Crippen molar-refractivity contribution >= 4 is 5.91 Å². The van der Waals surface area contributed by atoms with Gasteiger partial charge in [-0.15, -0.1) is 13.2 Å². The van der Waals surface area contributed by atoms with Crippen LogP contribution in [0, 0.1) is 11.6 Å². The summed E-state index contributed by atoms with van der Waals surface area (Å²) in [7, 11) is 0. The van der Waals surface area contributed by atoms with Crippen LogP contribution in [-0.2, 0) is 6.54 Å². The van der Waals surface area contributed by atoms with E-state index in [2.05, 4.69) is 9.72 Å². The Kier molecular flexibility index (Phi) is 7.57. The molecule has 37 heavy (non-hydrogen) atoms. The number of aliphatic hydroxyl groups is 1. The summed E-state index contributed by atoms with van der Waals surface area (Å²) >= 11 is 0. The van der Waals surface area contributed by atoms with Crippen LogP contribution < -0.4 is 16.0 Å². The third kappa shape index (κ3) is 6.22. The second-order valence-electron chi connectivity index (χ2n) is 7.54. The van der Waals surface area contributed by atoms with Gasteiger partial charge in [0.1, 0.15) is 5.82 Å². The van der Waals surface area contributed by atoms with Crippen molar-refractivity contribution in [3.05, 3.63) is 93.2 Å². The van der Waals surface area contributed by atoms with E-state index in [9.17, 15) is 49.8 Å². The molecule has 7 nitrogen and oxygen atoms in total. The van der Waals surface area contributed by atoms with Gasteiger partial charge >= 0.3 is 12.5 Å². The summed E-state index contributed by atoms with van der Waals surface area (Å²) in [5, 5.41) is 9.61. The van der Waals surface area contributed by atoms with E-state index in [1.54, 1.807) is 0 Å². The second-order valence-corrected chi connectivity index (χ2v) is 7.54. The van der Waals surface area contributed by atoms with Gasteiger partial charge in [0.2, 0.25) is 0 Å². The number of carbonyl (C=O) groups excluding carboxylic acids is 1. The lowest BCUT2D eigenvalue weighted by molar-refractivity contribution is -0.275. The van der Waals surface area contributed by atoms with E-state index >= 15 is 0 Å². The lowest BCUT2D eigenvalue weighted by Crippen LogP contribution is -2.39. The van der Waals surface area contributed by atoms with Gasteiger partial charge in [-0.3, -0.25) is 14.6 Å². The van der Waals surface area contributed by atoms with Crippen molar-refractivity contribution in [1.82, 2.24) is 9.55 Å². The Hall–Kier alpha value is -4.01. The van der Waals surface area contributed by atoms with E-state index in [0.717, 1.165) is 30.5 Å². The van der Waals surface area contributed by atoms with Gasteiger partial charge in [-0.05, 0) is 35.9 Å². The SMILES string of the molecule is NC(=O)c1ccc(=O)n(C[C@H](O)C(F)(F)F)c1[C@H](c1ccc(OC(F)(F)F)c(F)c1)c1ncccc1F. The molecule has 1 aromatic carbocycles. The molecular weight excluding hydrogens is 522 g/mol. The van der Waals surface area contributed by atoms with Gasteiger partial charge in [0.25, 0.3) is 11.5 Å². The molecule has 0 bridgehead atoms. The summed E-state index contributed by atoms with van der Waals surface area (Å²) in [6.07, 6.45) is -12.6. The average molecular weight is 537 g/mol. The largest absolute Gasteiger partial charge is 0.573 e. The van der Waals surface area contributed by atoms with Gasteiger partial charge in [0.05, 0.1) is 23.7 Å². The fraction of sp³-hybridized carbons (Fsp3) is 0.227. The summed E-state index contributed by atoms with van der Waals surface area (Å²) in [6.45, 7) is -1.48. The Morgan fingerprint density at radius 3 is 2.27 bits per heavy atom. The first-order chi connectivity index (χ1) is 17.1. The predicted octanol–water partition coefficient (Wildman–Crippen LogP) is 3.62. The molecule has 3 rings (SSSR count). The smallest absolute Gasteiger partial charge is 0.403 e. The number of nitrogens with zero attached hydrogens (tertiary/aromatic N) is 2. The maximum atomic E-state index is 14.9. The topological polar surface area (TPSA) is 107 Å². The van der Waals surface area contributed by atoms with E-state index in [1.165, 1.54) is 0 Å². The summed E-state index contributed by atoms with van der Waals surface area (Å²) in [6, 6.07) is 5.21. The van der Waals surface area contributed by atoms with Crippen molar-refractivity contribution in [2.24, 2.45) is 5.73 Å². The monoisotopic (exact) mass is 537 g/mol. The van der Waals surface area contributed by atoms with Gasteiger partial charge in [0, 0.05) is 18.0 Å². The molecule has 0 unspecified atom stereocenters. The molecule has 0 spiro atoms. The fourth-order valence-electron chi connectivity index (χ4n) is 3.54. The number of amides is 1. The standard InChI is InChI=1S/C22H15F8N3O4/c23-12-2-1-7-32-18(12)17(10-3-5-14(13(24)8-10)37-22(28,29)30)19-11(20(31)36)4-6-16(35)33(19)9-15(34)21(25,26)27/h1-8,15,17,34H,9H2,(H2,31,36)/t15-,17+/m0/s1. The summed E-state index contributed by atoms with van der Waals surface area (Å²) in [5.41, 5.74) is 1.72. The molecule has 2 atom stereocenters. The number of carbonyl (C=O) groups is 1. The van der Waals surface area contributed by atoms with Gasteiger partial charge < -0.3 is 20.1 Å². The summed E-state index contributed by atoms with van der Waals surface area (Å²) < 4.78 is 110. The Balaban J connectivity index is 2.36. The number of pyridine rings is 2. The number of halogens is 8. The number of nitrogens with two attached hydrogens (primary N) is 1. The van der Waals surface area contributed by atoms with Crippen LogP contribution in [0.2, 0.25) is 0 Å². The van der Waals surface area contributed by atoms with Gasteiger partial charge in [0.15, 0.2) is 17.7 Å². The lowest BCUT2D eigenvalue weighted by atomic mass is 9.87. The molecule has 1 amide bonds. The van der Waals surface area contributed by atoms with Crippen LogP contribution >= 0.6 is 0 Å². The molecule has 0 aliphatic rings. The fourth-order valence-corrected chi connectivity index (χ4v) is 3.54. The van der Waals surface area contributed by atoms with Crippen LogP contribution in [0.5, 0.6) is 5.75 Å². The molecule has 0 saturated carbocycles. The van der Waals surface area contributed by atoms with Crippen molar-refractivity contribution in [3.8, 4) is 5.75 Å². The van der Waals surface area contributed by atoms with E-state index in [-0.39, 0.29) is 4.57 Å². The average Bonchev–Trinajstić information content (AvgIpc) is 2.77. The highest BCUT2D eigenvalue weighted by Crippen LogP contribution is 2.37. The number of hydrogen-bond donors (Lipinski definition) is 2. The van der Waals surface area contributed by atoms with E-state index in [1.807, 2.05) is 0 Å². The Labute approximate surface area is 201 Å². The molecule has 0 aliphatic heterocycles. The van der Waals surface area contributed by atoms with Gasteiger partial charge in [-0.1, -0.05) is 6.07 Å². The zero-order chi connectivity index (χ0) is 27.7. The van der Waals surface area contributed by atoms with Crippen LogP contribution in [-0.4, -0.2) is 39.2 Å². The predicted molar refractivity (Wildman–Crippen MR) is 110 cm³/mol. The minimum Gasteiger partial charge on any atom is -0.403 e. The van der Waals surface area contributed by atoms with Crippen LogP contribution in [0.25, 0.3) is 0 Å². The normalized spacial score (nSPS) is 13.8. The Bertz CT molecular complexity index is 1370. The van der Waals surface area contributed by atoms with E-state index in [0.29, 0.717) is 18.2 Å². The molecular formula is C22H15F8N3O4. The van der Waals surface area contributed by atoms with Crippen molar-refractivity contribution in [2.75, 3.05) is 0 Å². The molecule has 0 aliphatic carbocycles. The highest BCUT2D eigenvalue weighted by atomic mass is 19.4. The number of primary amides is 1. The summed E-state index contributed by atoms with van der Waals surface area (Å²) in [5.74, 6) is -7.18. The van der Waals surface area contributed by atoms with Crippen molar-refractivity contribution in [1.29, 1.82) is 0 Å². The molecule has 0 radical (unpaired) electrons. The lowest BCUT2D eigenvalue weighted by Gasteiger charge is -2.26. The van der Waals surface area contributed by atoms with Crippen LogP contribution in [0.4, 0.5) is 35.1 Å². The number of hydrogen-bond acceptors (Lipinski definition) is 5. The first-order valence-electron chi connectivity index (χ1n) is 10.0. The number of aromatic nitrogens is 2. The van der Waals surface area contributed by atoms with Crippen molar-refractivity contribution in [3.63, 3.8) is 0 Å². The number of aliphatic hydroxyl groups excluding tert-OH is 1. The molecule has 3 aromatic rings. The zero-order valence-electron chi connectivity index (χ0n) is 18.1. The molecule has 3 N–H and O–H groups in total. The quantitative estimate of drug-likeness (QED) is 0.448. The minimum absolute atomic E-state index is 0.287. The third-order valence-electron chi connectivity index (χ3n) is 5.07. The minimum atomic E-state index is -5.28. The molecule has 2 heterocycles. The third-order valence-corrected chi connectivity index (χ3v) is 5.07. The van der Waals surface area contributed by atoms with E-state index in [4.69, 9.17) is 5.73 Å². The molecule has 0 saturated heterocycles. The number of alkyl halides is 6. The number of ether oxygens (including phenoxy) is 1. The first kappa shape index (κ1) is 27.6. The molecule has 0 fully saturated rings. The molecule has 198 valence electrons. The van der Waals surface area contributed by atoms with Gasteiger partial charge in [-0.25, -0.2) is 8.78 Å². The Morgan fingerprint density at radius 1 is 1.05 bits per heavy atom. The van der Waals surface area contributed by atoms with Gasteiger partial charge in [-0.2, -0.15) is 13.2 Å². The van der Waals surface area contributed by atoms with Crippen molar-refractivity contribution in [2.45, 2.75) is 31.1 Å². The second kappa shape index (κ2) is 10.2.